The molecule has 35 heavy (non-hydrogen) atoms. The molecule has 0 fully saturated rings. The quantitative estimate of drug-likeness (QED) is 0.0841. The molecule has 0 atom stereocenters. The summed E-state index contributed by atoms with van der Waals surface area (Å²) in [6.07, 6.45) is 1.35. The maximum atomic E-state index is 12.6. The number of aromatic hydroxyl groups is 1. The fourth-order valence-corrected chi connectivity index (χ4v) is 3.85. The maximum absolute atomic E-state index is 12.6. The summed E-state index contributed by atoms with van der Waals surface area (Å²) in [5, 5.41) is 33.3. The van der Waals surface area contributed by atoms with E-state index in [0.29, 0.717) is 25.7 Å². The molecule has 0 radical (unpaired) electrons. The second-order valence-corrected chi connectivity index (χ2v) is 8.63. The van der Waals surface area contributed by atoms with Gasteiger partial charge in [0, 0.05) is 11.1 Å². The number of rotatable bonds is 8. The average Bonchev–Trinajstić information content (AvgIpc) is 2.83. The molecular formula is C24H17ClIN3O6. The Morgan fingerprint density at radius 1 is 1.26 bits per heavy atom. The molecule has 3 rings (SSSR count). The van der Waals surface area contributed by atoms with Crippen LogP contribution in [0.5, 0.6) is 17.2 Å². The van der Waals surface area contributed by atoms with Crippen molar-refractivity contribution in [3.63, 3.8) is 0 Å². The van der Waals surface area contributed by atoms with E-state index in [-0.39, 0.29) is 23.6 Å². The number of hydrogen-bond donors (Lipinski definition) is 2. The van der Waals surface area contributed by atoms with Crippen molar-refractivity contribution >= 4 is 57.5 Å². The second-order valence-electron chi connectivity index (χ2n) is 7.03. The van der Waals surface area contributed by atoms with Crippen molar-refractivity contribution in [3.05, 3.63) is 90.0 Å². The van der Waals surface area contributed by atoms with Gasteiger partial charge in [-0.15, -0.1) is 0 Å². The Kier molecular flexibility index (Phi) is 8.51. The fourth-order valence-electron chi connectivity index (χ4n) is 2.94. The number of carbonyl (C=O) groups excluding carboxylic acids is 1. The minimum Gasteiger partial charge on any atom is -0.506 e. The average molecular weight is 606 g/mol. The summed E-state index contributed by atoms with van der Waals surface area (Å²) in [6.45, 7) is 0.281. The first-order valence-corrected chi connectivity index (χ1v) is 11.3. The predicted octanol–water partition coefficient (Wildman–Crippen LogP) is 5.69. The summed E-state index contributed by atoms with van der Waals surface area (Å²) in [4.78, 5) is 22.7. The second kappa shape index (κ2) is 11.5. The van der Waals surface area contributed by atoms with Gasteiger partial charge in [0.2, 0.25) is 0 Å². The van der Waals surface area contributed by atoms with Gasteiger partial charge in [0.25, 0.3) is 11.6 Å². The van der Waals surface area contributed by atoms with E-state index in [0.717, 1.165) is 17.7 Å². The minimum atomic E-state index is -0.798. The molecule has 0 spiro atoms. The van der Waals surface area contributed by atoms with Crippen molar-refractivity contribution in [1.82, 2.24) is 0 Å². The van der Waals surface area contributed by atoms with Gasteiger partial charge in [-0.25, -0.2) is 0 Å². The summed E-state index contributed by atoms with van der Waals surface area (Å²) in [5.41, 5.74) is 0.755. The molecule has 3 aromatic carbocycles. The third-order valence-corrected chi connectivity index (χ3v) is 5.72. The van der Waals surface area contributed by atoms with Crippen LogP contribution in [0.15, 0.2) is 60.2 Å². The number of nitro groups is 1. The Balaban J connectivity index is 1.81. The van der Waals surface area contributed by atoms with Crippen molar-refractivity contribution in [2.24, 2.45) is 0 Å². The number of phenols is 1. The zero-order chi connectivity index (χ0) is 25.5. The topological polar surface area (TPSA) is 135 Å². The third-order valence-electron chi connectivity index (χ3n) is 4.66. The number of nitriles is 1. The van der Waals surface area contributed by atoms with Crippen LogP contribution in [-0.4, -0.2) is 23.0 Å². The summed E-state index contributed by atoms with van der Waals surface area (Å²) in [7, 11) is 1.48. The lowest BCUT2D eigenvalue weighted by Gasteiger charge is -2.14. The number of nitrogens with one attached hydrogen (secondary N) is 1. The molecule has 0 aromatic heterocycles. The Morgan fingerprint density at radius 3 is 2.57 bits per heavy atom. The van der Waals surface area contributed by atoms with Crippen molar-refractivity contribution in [2.75, 3.05) is 12.4 Å². The largest absolute Gasteiger partial charge is 0.506 e. The Bertz CT molecular complexity index is 1350. The predicted molar refractivity (Wildman–Crippen MR) is 138 cm³/mol. The molecule has 11 heteroatoms. The van der Waals surface area contributed by atoms with Crippen LogP contribution in [0.3, 0.4) is 0 Å². The normalized spacial score (nSPS) is 10.9. The van der Waals surface area contributed by atoms with E-state index in [4.69, 9.17) is 21.1 Å². The zero-order valence-electron chi connectivity index (χ0n) is 18.1. The molecule has 2 N–H and O–H groups in total. The minimum absolute atomic E-state index is 0.0696. The SMILES string of the molecule is COc1cc(/C=C(/C#N)C(=O)Nc2ccc([N+](=O)[O-])cc2O)cc(I)c1OCc1ccc(Cl)cc1. The van der Waals surface area contributed by atoms with Crippen LogP contribution >= 0.6 is 34.2 Å². The monoisotopic (exact) mass is 605 g/mol. The number of nitro benzene ring substituents is 1. The van der Waals surface area contributed by atoms with Gasteiger partial charge in [-0.2, -0.15) is 5.26 Å². The Labute approximate surface area is 218 Å². The number of anilines is 1. The maximum Gasteiger partial charge on any atom is 0.273 e. The number of halogens is 2. The standard InChI is InChI=1S/C24H17ClIN3O6/c1-34-22-10-15(9-19(26)23(22)35-13-14-2-4-17(25)5-3-14)8-16(12-27)24(31)28-20-7-6-18(29(32)33)11-21(20)30/h2-11,30H,13H2,1H3,(H,28,31)/b16-8-. The molecule has 0 saturated heterocycles. The molecule has 9 nitrogen and oxygen atoms in total. The van der Waals surface area contributed by atoms with Crippen LogP contribution in [-0.2, 0) is 11.4 Å². The number of benzene rings is 3. The summed E-state index contributed by atoms with van der Waals surface area (Å²) >= 11 is 7.97. The van der Waals surface area contributed by atoms with Gasteiger partial charge < -0.3 is 19.9 Å². The van der Waals surface area contributed by atoms with Crippen LogP contribution in [0.1, 0.15) is 11.1 Å². The van der Waals surface area contributed by atoms with Crippen molar-refractivity contribution in [3.8, 4) is 23.3 Å². The molecule has 1 amide bonds. The summed E-state index contributed by atoms with van der Waals surface area (Å²) in [6, 6.07) is 15.6. The summed E-state index contributed by atoms with van der Waals surface area (Å²) in [5.74, 6) is -0.390. The Morgan fingerprint density at radius 2 is 1.97 bits per heavy atom. The van der Waals surface area contributed by atoms with Crippen LogP contribution in [0, 0.1) is 25.0 Å². The van der Waals surface area contributed by atoms with Crippen molar-refractivity contribution in [2.45, 2.75) is 6.61 Å². The van der Waals surface area contributed by atoms with Gasteiger partial charge in [0.1, 0.15) is 24.0 Å². The van der Waals surface area contributed by atoms with E-state index in [1.165, 1.54) is 19.3 Å². The lowest BCUT2D eigenvalue weighted by molar-refractivity contribution is -0.384. The highest BCUT2D eigenvalue weighted by Crippen LogP contribution is 2.35. The van der Waals surface area contributed by atoms with Gasteiger partial charge in [0.15, 0.2) is 11.5 Å². The van der Waals surface area contributed by atoms with E-state index in [9.17, 15) is 25.3 Å². The molecule has 0 aliphatic carbocycles. The Hall–Kier alpha value is -3.82. The van der Waals surface area contributed by atoms with Gasteiger partial charge in [-0.1, -0.05) is 23.7 Å². The number of ether oxygens (including phenoxy) is 2. The third kappa shape index (κ3) is 6.62. The first kappa shape index (κ1) is 25.8. The highest BCUT2D eigenvalue weighted by Gasteiger charge is 2.17. The molecule has 0 aliphatic rings. The number of amides is 1. The van der Waals surface area contributed by atoms with Crippen molar-refractivity contribution < 1.29 is 24.3 Å². The number of hydrogen-bond acceptors (Lipinski definition) is 7. The number of non-ortho nitro benzene ring substituents is 1. The first-order valence-electron chi connectivity index (χ1n) is 9.87. The molecule has 178 valence electrons. The van der Waals surface area contributed by atoms with Crippen molar-refractivity contribution in [1.29, 1.82) is 5.26 Å². The number of methoxy groups -OCH3 is 1. The fraction of sp³-hybridized carbons (Fsp3) is 0.0833. The smallest absolute Gasteiger partial charge is 0.273 e. The molecule has 0 unspecified atom stereocenters. The van der Waals surface area contributed by atoms with Gasteiger partial charge in [-0.3, -0.25) is 14.9 Å². The summed E-state index contributed by atoms with van der Waals surface area (Å²) < 4.78 is 12.0. The lowest BCUT2D eigenvalue weighted by atomic mass is 10.1. The van der Waals surface area contributed by atoms with Gasteiger partial charge in [0.05, 0.1) is 27.4 Å². The molecule has 0 heterocycles. The van der Waals surface area contributed by atoms with Crippen LogP contribution in [0.25, 0.3) is 6.08 Å². The number of phenolic OH excluding ortho intramolecular Hbond substituents is 1. The van der Waals surface area contributed by atoms with Crippen LogP contribution < -0.4 is 14.8 Å². The van der Waals surface area contributed by atoms with E-state index < -0.39 is 16.6 Å². The van der Waals surface area contributed by atoms with Crippen LogP contribution in [0.4, 0.5) is 11.4 Å². The first-order chi connectivity index (χ1) is 16.7. The van der Waals surface area contributed by atoms with E-state index in [1.807, 2.05) is 18.2 Å². The van der Waals surface area contributed by atoms with E-state index >= 15 is 0 Å². The van der Waals surface area contributed by atoms with E-state index in [1.54, 1.807) is 24.3 Å². The molecule has 0 aliphatic heterocycles. The number of carbonyl (C=O) groups is 1. The zero-order valence-corrected chi connectivity index (χ0v) is 21.0. The van der Waals surface area contributed by atoms with E-state index in [2.05, 4.69) is 27.9 Å². The van der Waals surface area contributed by atoms with Gasteiger partial charge >= 0.3 is 0 Å². The molecule has 0 saturated carbocycles. The molecule has 0 bridgehead atoms. The highest BCUT2D eigenvalue weighted by atomic mass is 127. The van der Waals surface area contributed by atoms with Gasteiger partial charge in [-0.05, 0) is 70.1 Å². The lowest BCUT2D eigenvalue weighted by Crippen LogP contribution is -2.13. The highest BCUT2D eigenvalue weighted by molar-refractivity contribution is 14.1. The van der Waals surface area contributed by atoms with Crippen LogP contribution in [0.2, 0.25) is 5.02 Å². The number of nitrogens with zero attached hydrogens (tertiary/aromatic N) is 2. The molecular weight excluding hydrogens is 589 g/mol. The molecule has 3 aromatic rings.